The van der Waals surface area contributed by atoms with Crippen LogP contribution in [0.5, 0.6) is 0 Å². The van der Waals surface area contributed by atoms with Gasteiger partial charge in [0.2, 0.25) is 0 Å². The average Bonchev–Trinajstić information content (AvgIpc) is 3.50. The number of aliphatic hydroxyl groups is 2. The first-order valence-corrected chi connectivity index (χ1v) is 18.0. The maximum absolute atomic E-state index is 12.6. The van der Waals surface area contributed by atoms with E-state index in [-0.39, 0.29) is 22.9 Å². The second-order valence-electron chi connectivity index (χ2n) is 14.4. The summed E-state index contributed by atoms with van der Waals surface area (Å²) in [7, 11) is 0. The zero-order valence-corrected chi connectivity index (χ0v) is 27.9. The zero-order chi connectivity index (χ0) is 30.8. The molecule has 0 bridgehead atoms. The second-order valence-corrected chi connectivity index (χ2v) is 15.6. The summed E-state index contributed by atoms with van der Waals surface area (Å²) in [4.78, 5) is 18.8. The number of ether oxygens (including phenoxy) is 1. The normalized spacial score (nSPS) is 33.4. The minimum atomic E-state index is -0.643. The van der Waals surface area contributed by atoms with E-state index in [0.29, 0.717) is 37.0 Å². The Hall–Kier alpha value is -1.76. The van der Waals surface area contributed by atoms with Crippen molar-refractivity contribution in [1.29, 1.82) is 0 Å². The number of nitrogens with zero attached hydrogens (tertiary/aromatic N) is 1. The van der Waals surface area contributed by atoms with Crippen molar-refractivity contribution in [2.75, 3.05) is 0 Å². The number of hydrogen-bond acceptors (Lipinski definition) is 6. The molecule has 1 heterocycles. The number of unbranched alkanes of at least 4 members (excludes halogenated alkanes) is 1. The summed E-state index contributed by atoms with van der Waals surface area (Å²) in [5, 5.41) is 21.7. The highest BCUT2D eigenvalue weighted by molar-refractivity contribution is 7.11. The first-order chi connectivity index (χ1) is 20.6. The molecule has 0 aromatic carbocycles. The number of aryl methyl sites for hydroxylation is 1. The Morgan fingerprint density at radius 1 is 1.21 bits per heavy atom. The van der Waals surface area contributed by atoms with E-state index >= 15 is 0 Å². The van der Waals surface area contributed by atoms with Crippen LogP contribution < -0.4 is 0 Å². The van der Waals surface area contributed by atoms with Gasteiger partial charge in [0, 0.05) is 23.9 Å². The van der Waals surface area contributed by atoms with Gasteiger partial charge in [-0.15, -0.1) is 11.3 Å². The van der Waals surface area contributed by atoms with Crippen LogP contribution in [0.3, 0.4) is 0 Å². The molecule has 1 aromatic heterocycles. The fraction of sp³-hybridized carbons (Fsp3) is 0.730. The van der Waals surface area contributed by atoms with Crippen LogP contribution >= 0.6 is 11.3 Å². The third-order valence-corrected chi connectivity index (χ3v) is 12.9. The van der Waals surface area contributed by atoms with Crippen LogP contribution in [0.1, 0.15) is 127 Å². The van der Waals surface area contributed by atoms with Crippen molar-refractivity contribution in [2.45, 2.75) is 148 Å². The van der Waals surface area contributed by atoms with Gasteiger partial charge in [0.15, 0.2) is 0 Å². The molecule has 238 valence electrons. The molecule has 4 aliphatic rings. The largest absolute Gasteiger partial charge is 0.461 e. The van der Waals surface area contributed by atoms with Crippen molar-refractivity contribution >= 4 is 17.3 Å². The van der Waals surface area contributed by atoms with E-state index in [1.165, 1.54) is 54.0 Å². The van der Waals surface area contributed by atoms with Crippen LogP contribution in [0.25, 0.3) is 0 Å². The molecule has 0 radical (unpaired) electrons. The number of allylic oxidation sites excluding steroid dienone is 3. The van der Waals surface area contributed by atoms with Gasteiger partial charge in [0.1, 0.15) is 11.1 Å². The molecule has 7 atom stereocenters. The first kappa shape index (κ1) is 32.6. The highest BCUT2D eigenvalue weighted by atomic mass is 32.1. The van der Waals surface area contributed by atoms with Crippen LogP contribution in [0.15, 0.2) is 41.6 Å². The monoisotopic (exact) mass is 609 g/mol. The zero-order valence-electron chi connectivity index (χ0n) is 27.1. The van der Waals surface area contributed by atoms with Crippen LogP contribution in [-0.2, 0) is 21.4 Å². The molecule has 6 heteroatoms. The van der Waals surface area contributed by atoms with Crippen molar-refractivity contribution in [3.63, 3.8) is 0 Å². The van der Waals surface area contributed by atoms with E-state index in [1.807, 2.05) is 18.3 Å². The summed E-state index contributed by atoms with van der Waals surface area (Å²) >= 11 is 1.85. The highest BCUT2D eigenvalue weighted by Gasteiger charge is 2.55. The maximum Gasteiger partial charge on any atom is 0.305 e. The molecule has 0 saturated heterocycles. The minimum absolute atomic E-state index is 0.0830. The van der Waals surface area contributed by atoms with Gasteiger partial charge < -0.3 is 14.9 Å². The Morgan fingerprint density at radius 3 is 2.72 bits per heavy atom. The van der Waals surface area contributed by atoms with Gasteiger partial charge in [-0.3, -0.25) is 4.79 Å². The lowest BCUT2D eigenvalue weighted by Crippen LogP contribution is -2.37. The number of carbonyl (C=O) groups is 1. The fourth-order valence-electron chi connectivity index (χ4n) is 8.80. The van der Waals surface area contributed by atoms with Crippen LogP contribution in [0.2, 0.25) is 0 Å². The molecule has 0 spiro atoms. The van der Waals surface area contributed by atoms with Gasteiger partial charge >= 0.3 is 5.97 Å². The molecule has 4 fully saturated rings. The molecule has 0 amide bonds. The van der Waals surface area contributed by atoms with Crippen molar-refractivity contribution in [1.82, 2.24) is 4.98 Å². The van der Waals surface area contributed by atoms with E-state index < -0.39 is 12.2 Å². The van der Waals surface area contributed by atoms with Crippen LogP contribution in [0, 0.1) is 23.2 Å². The Morgan fingerprint density at radius 2 is 2.00 bits per heavy atom. The molecule has 4 aliphatic carbocycles. The minimum Gasteiger partial charge on any atom is -0.461 e. The van der Waals surface area contributed by atoms with Crippen molar-refractivity contribution in [3.8, 4) is 0 Å². The predicted molar refractivity (Wildman–Crippen MR) is 175 cm³/mol. The number of thiazole rings is 1. The van der Waals surface area contributed by atoms with Crippen molar-refractivity contribution in [2.24, 2.45) is 23.2 Å². The summed E-state index contributed by atoms with van der Waals surface area (Å²) in [6.45, 7) is 13.2. The molecular formula is C37H55NO4S. The molecular weight excluding hydrogens is 554 g/mol. The Kier molecular flexibility index (Phi) is 10.4. The van der Waals surface area contributed by atoms with Gasteiger partial charge in [0.25, 0.3) is 0 Å². The number of aliphatic hydroxyl groups excluding tert-OH is 2. The molecule has 2 N–H and O–H groups in total. The quantitative estimate of drug-likeness (QED) is 0.233. The third-order valence-electron chi connectivity index (χ3n) is 11.6. The number of aromatic nitrogens is 1. The lowest BCUT2D eigenvalue weighted by atomic mass is 9.60. The van der Waals surface area contributed by atoms with E-state index in [4.69, 9.17) is 9.72 Å². The summed E-state index contributed by atoms with van der Waals surface area (Å²) in [6, 6.07) is 0. The van der Waals surface area contributed by atoms with Gasteiger partial charge in [0.05, 0.1) is 17.6 Å². The number of hydrogen-bond donors (Lipinski definition) is 2. The summed E-state index contributed by atoms with van der Waals surface area (Å²) < 4.78 is 6.22. The number of fused-ring (bicyclic) bond motifs is 1. The molecule has 4 saturated carbocycles. The molecule has 43 heavy (non-hydrogen) atoms. The smallest absolute Gasteiger partial charge is 0.305 e. The number of rotatable bonds is 12. The summed E-state index contributed by atoms with van der Waals surface area (Å²) in [5.41, 5.74) is 3.49. The van der Waals surface area contributed by atoms with E-state index in [9.17, 15) is 15.0 Å². The lowest BCUT2D eigenvalue weighted by Gasteiger charge is -2.44. The van der Waals surface area contributed by atoms with Crippen LogP contribution in [0.4, 0.5) is 0 Å². The second kappa shape index (κ2) is 13.7. The first-order valence-electron chi connectivity index (χ1n) is 17.2. The molecule has 0 aliphatic heterocycles. The van der Waals surface area contributed by atoms with Crippen molar-refractivity contribution < 1.29 is 19.7 Å². The van der Waals surface area contributed by atoms with E-state index in [0.717, 1.165) is 49.7 Å². The molecule has 5 rings (SSSR count). The Balaban J connectivity index is 1.27. The Bertz CT molecular complexity index is 1210. The standard InChI is InChI=1S/C37H55NO4S/c1-6-8-11-29-23-38-35(43-29)37(19-20-37)33(42-34(41)7-2)17-12-24(3)30-15-16-31-26(10-9-18-36(30,31)5)13-14-27-21-28(39)22-32(40)25(27)4/h13-14,23-24,28,30-33,39-40H,4,6-12,15-22H2,1-3,5H3/b26-13+,27-14-/t24-,28-,30-,31+,32+,33-,36-/m1/s1. The highest BCUT2D eigenvalue weighted by Crippen LogP contribution is 2.60. The number of carbonyl (C=O) groups excluding carboxylic acids is 1. The van der Waals surface area contributed by atoms with Gasteiger partial charge in [-0.25, -0.2) is 4.98 Å². The summed E-state index contributed by atoms with van der Waals surface area (Å²) in [6.07, 6.45) is 20.3. The van der Waals surface area contributed by atoms with Gasteiger partial charge in [-0.2, -0.15) is 0 Å². The third kappa shape index (κ3) is 6.92. The van der Waals surface area contributed by atoms with E-state index in [1.54, 1.807) is 0 Å². The van der Waals surface area contributed by atoms with E-state index in [2.05, 4.69) is 45.7 Å². The van der Waals surface area contributed by atoms with Gasteiger partial charge in [-0.05, 0) is 111 Å². The summed E-state index contributed by atoms with van der Waals surface area (Å²) in [5.74, 6) is 1.71. The fourth-order valence-corrected chi connectivity index (χ4v) is 10.0. The maximum atomic E-state index is 12.6. The van der Waals surface area contributed by atoms with Crippen LogP contribution in [-0.4, -0.2) is 39.5 Å². The molecule has 5 nitrogen and oxygen atoms in total. The Labute approximate surface area is 263 Å². The average molecular weight is 610 g/mol. The predicted octanol–water partition coefficient (Wildman–Crippen LogP) is 8.40. The lowest BCUT2D eigenvalue weighted by molar-refractivity contribution is -0.151. The van der Waals surface area contributed by atoms with Crippen molar-refractivity contribution in [3.05, 3.63) is 51.5 Å². The SMILES string of the molecule is C=C1/C(=C\C=C2/CCC[C@]3(C)[C@@H]([C@H](C)CC[C@@H](OC(=O)CC)C4(c5ncc(CCCC)s5)CC4)CC[C@@H]23)C[C@@H](O)C[C@@H]1O. The molecule has 0 unspecified atom stereocenters. The van der Waals surface area contributed by atoms with Gasteiger partial charge in [-0.1, -0.05) is 58.4 Å². The molecule has 1 aromatic rings. The number of esters is 1. The topological polar surface area (TPSA) is 79.7 Å².